The standard InChI is InChI=1S/C9H21NO3/c10-5-3-1-2-4-6-13-8-9(12)7-11/h9,11-12H,1-8,10H2. The van der Waals surface area contributed by atoms with Gasteiger partial charge in [-0.05, 0) is 19.4 Å². The minimum absolute atomic E-state index is 0.229. The van der Waals surface area contributed by atoms with Gasteiger partial charge < -0.3 is 20.7 Å². The van der Waals surface area contributed by atoms with Crippen molar-refractivity contribution in [1.29, 1.82) is 0 Å². The van der Waals surface area contributed by atoms with Gasteiger partial charge in [-0.25, -0.2) is 0 Å². The molecule has 0 aromatic rings. The molecule has 0 spiro atoms. The molecule has 0 saturated carbocycles. The molecule has 4 nitrogen and oxygen atoms in total. The van der Waals surface area contributed by atoms with E-state index in [1.165, 1.54) is 0 Å². The van der Waals surface area contributed by atoms with Gasteiger partial charge in [-0.1, -0.05) is 12.8 Å². The molecule has 0 aliphatic heterocycles. The molecule has 0 aromatic heterocycles. The van der Waals surface area contributed by atoms with E-state index in [1.54, 1.807) is 0 Å². The van der Waals surface area contributed by atoms with Crippen molar-refractivity contribution >= 4 is 0 Å². The Morgan fingerprint density at radius 2 is 1.85 bits per heavy atom. The lowest BCUT2D eigenvalue weighted by Crippen LogP contribution is -2.19. The highest BCUT2D eigenvalue weighted by atomic mass is 16.5. The molecular weight excluding hydrogens is 170 g/mol. The second-order valence-electron chi connectivity index (χ2n) is 3.11. The van der Waals surface area contributed by atoms with Crippen LogP contribution in [-0.2, 0) is 4.74 Å². The summed E-state index contributed by atoms with van der Waals surface area (Å²) in [5.41, 5.74) is 5.34. The second kappa shape index (κ2) is 9.92. The van der Waals surface area contributed by atoms with E-state index < -0.39 is 6.10 Å². The molecule has 0 saturated heterocycles. The molecule has 0 aliphatic rings. The topological polar surface area (TPSA) is 75.7 Å². The van der Waals surface area contributed by atoms with Crippen LogP contribution in [0, 0.1) is 0 Å². The molecule has 1 atom stereocenters. The quantitative estimate of drug-likeness (QED) is 0.444. The minimum Gasteiger partial charge on any atom is -0.394 e. The summed E-state index contributed by atoms with van der Waals surface area (Å²) in [6, 6.07) is 0. The minimum atomic E-state index is -0.732. The van der Waals surface area contributed by atoms with Crippen LogP contribution in [0.1, 0.15) is 25.7 Å². The van der Waals surface area contributed by atoms with Gasteiger partial charge in [0, 0.05) is 6.61 Å². The van der Waals surface area contributed by atoms with E-state index in [1.807, 2.05) is 0 Å². The van der Waals surface area contributed by atoms with Crippen molar-refractivity contribution in [2.45, 2.75) is 31.8 Å². The average molecular weight is 191 g/mol. The summed E-state index contributed by atoms with van der Waals surface area (Å²) in [5.74, 6) is 0. The molecule has 0 radical (unpaired) electrons. The third-order valence-electron chi connectivity index (χ3n) is 1.76. The van der Waals surface area contributed by atoms with Crippen LogP contribution in [-0.4, -0.2) is 42.7 Å². The number of aliphatic hydroxyl groups excluding tert-OH is 2. The van der Waals surface area contributed by atoms with Crippen molar-refractivity contribution in [2.75, 3.05) is 26.4 Å². The smallest absolute Gasteiger partial charge is 0.100 e. The fourth-order valence-electron chi connectivity index (χ4n) is 0.974. The van der Waals surface area contributed by atoms with E-state index in [0.29, 0.717) is 6.61 Å². The zero-order valence-electron chi connectivity index (χ0n) is 8.11. The van der Waals surface area contributed by atoms with Crippen LogP contribution in [0.5, 0.6) is 0 Å². The summed E-state index contributed by atoms with van der Waals surface area (Å²) in [7, 11) is 0. The number of nitrogens with two attached hydrogens (primary N) is 1. The maximum Gasteiger partial charge on any atom is 0.100 e. The van der Waals surface area contributed by atoms with Gasteiger partial charge in [0.2, 0.25) is 0 Å². The molecule has 80 valence electrons. The second-order valence-corrected chi connectivity index (χ2v) is 3.11. The Bertz CT molecular complexity index is 101. The summed E-state index contributed by atoms with van der Waals surface area (Å²) in [6.45, 7) is 1.41. The van der Waals surface area contributed by atoms with E-state index in [4.69, 9.17) is 20.7 Å². The van der Waals surface area contributed by atoms with E-state index >= 15 is 0 Å². The van der Waals surface area contributed by atoms with Gasteiger partial charge in [-0.15, -0.1) is 0 Å². The maximum atomic E-state index is 8.91. The molecule has 0 heterocycles. The zero-order valence-corrected chi connectivity index (χ0v) is 8.11. The van der Waals surface area contributed by atoms with E-state index in [2.05, 4.69) is 0 Å². The van der Waals surface area contributed by atoms with E-state index in [-0.39, 0.29) is 13.2 Å². The van der Waals surface area contributed by atoms with Crippen LogP contribution in [0.4, 0.5) is 0 Å². The third kappa shape index (κ3) is 9.76. The van der Waals surface area contributed by atoms with Crippen LogP contribution in [0.15, 0.2) is 0 Å². The summed E-state index contributed by atoms with van der Waals surface area (Å²) >= 11 is 0. The van der Waals surface area contributed by atoms with Crippen LogP contribution < -0.4 is 5.73 Å². The Morgan fingerprint density at radius 3 is 2.46 bits per heavy atom. The molecule has 0 amide bonds. The van der Waals surface area contributed by atoms with Gasteiger partial charge in [-0.2, -0.15) is 0 Å². The fraction of sp³-hybridized carbons (Fsp3) is 1.00. The predicted molar refractivity (Wildman–Crippen MR) is 51.4 cm³/mol. The highest BCUT2D eigenvalue weighted by Gasteiger charge is 2.00. The largest absolute Gasteiger partial charge is 0.394 e. The van der Waals surface area contributed by atoms with Gasteiger partial charge in [0.1, 0.15) is 6.10 Å². The van der Waals surface area contributed by atoms with Crippen molar-refractivity contribution in [1.82, 2.24) is 0 Å². The van der Waals surface area contributed by atoms with Crippen molar-refractivity contribution in [3.05, 3.63) is 0 Å². The first-order valence-electron chi connectivity index (χ1n) is 4.88. The number of rotatable bonds is 9. The Hall–Kier alpha value is -0.160. The first-order valence-corrected chi connectivity index (χ1v) is 4.88. The molecule has 4 heteroatoms. The summed E-state index contributed by atoms with van der Waals surface area (Å²) in [5, 5.41) is 17.4. The first kappa shape index (κ1) is 12.8. The predicted octanol–water partition coefficient (Wildman–Crippen LogP) is -0.125. The molecule has 1 unspecified atom stereocenters. The fourth-order valence-corrected chi connectivity index (χ4v) is 0.974. The number of hydrogen-bond acceptors (Lipinski definition) is 4. The maximum absolute atomic E-state index is 8.91. The molecule has 0 rings (SSSR count). The van der Waals surface area contributed by atoms with Gasteiger partial charge in [0.15, 0.2) is 0 Å². The van der Waals surface area contributed by atoms with Crippen molar-refractivity contribution in [3.63, 3.8) is 0 Å². The molecule has 4 N–H and O–H groups in total. The molecule has 0 fully saturated rings. The summed E-state index contributed by atoms with van der Waals surface area (Å²) in [6.07, 6.45) is 3.59. The van der Waals surface area contributed by atoms with Crippen LogP contribution in [0.2, 0.25) is 0 Å². The van der Waals surface area contributed by atoms with Crippen molar-refractivity contribution in [2.24, 2.45) is 5.73 Å². The summed E-state index contributed by atoms with van der Waals surface area (Å²) in [4.78, 5) is 0. The molecule has 13 heavy (non-hydrogen) atoms. The highest BCUT2D eigenvalue weighted by molar-refractivity contribution is 4.49. The number of ether oxygens (including phenoxy) is 1. The van der Waals surface area contributed by atoms with Gasteiger partial charge >= 0.3 is 0 Å². The van der Waals surface area contributed by atoms with Gasteiger partial charge in [0.05, 0.1) is 13.2 Å². The SMILES string of the molecule is NCCCCCCOCC(O)CO. The van der Waals surface area contributed by atoms with Crippen molar-refractivity contribution < 1.29 is 14.9 Å². The molecule has 0 aliphatic carbocycles. The van der Waals surface area contributed by atoms with E-state index in [0.717, 1.165) is 32.2 Å². The number of aliphatic hydroxyl groups is 2. The van der Waals surface area contributed by atoms with Gasteiger partial charge in [-0.3, -0.25) is 0 Å². The van der Waals surface area contributed by atoms with Crippen molar-refractivity contribution in [3.8, 4) is 0 Å². The normalized spacial score (nSPS) is 13.2. The first-order chi connectivity index (χ1) is 6.31. The Kier molecular flexibility index (Phi) is 9.80. The monoisotopic (exact) mass is 191 g/mol. The summed E-state index contributed by atoms with van der Waals surface area (Å²) < 4.78 is 5.13. The highest BCUT2D eigenvalue weighted by Crippen LogP contribution is 1.98. The lowest BCUT2D eigenvalue weighted by Gasteiger charge is -2.07. The number of unbranched alkanes of at least 4 members (excludes halogenated alkanes) is 3. The zero-order chi connectivity index (χ0) is 9.94. The molecule has 0 aromatic carbocycles. The lowest BCUT2D eigenvalue weighted by atomic mass is 10.2. The Balaban J connectivity index is 2.91. The molecule has 0 bridgehead atoms. The van der Waals surface area contributed by atoms with Crippen LogP contribution in [0.25, 0.3) is 0 Å². The lowest BCUT2D eigenvalue weighted by molar-refractivity contribution is 0.00527. The van der Waals surface area contributed by atoms with Crippen LogP contribution >= 0.6 is 0 Å². The van der Waals surface area contributed by atoms with Gasteiger partial charge in [0.25, 0.3) is 0 Å². The molecular formula is C9H21NO3. The Morgan fingerprint density at radius 1 is 1.15 bits per heavy atom. The third-order valence-corrected chi connectivity index (χ3v) is 1.76. The number of hydrogen-bond donors (Lipinski definition) is 3. The average Bonchev–Trinajstić information content (AvgIpc) is 2.16. The van der Waals surface area contributed by atoms with E-state index in [9.17, 15) is 0 Å². The van der Waals surface area contributed by atoms with Crippen LogP contribution in [0.3, 0.4) is 0 Å². The Labute approximate surface area is 79.7 Å².